The fourth-order valence-electron chi connectivity index (χ4n) is 2.13. The number of nitrogens with zero attached hydrogens (tertiary/aromatic N) is 1. The van der Waals surface area contributed by atoms with Crippen molar-refractivity contribution in [2.75, 3.05) is 19.6 Å². The third kappa shape index (κ3) is 4.94. The average molecular weight is 359 g/mol. The molecule has 0 aliphatic carbocycles. The molecule has 23 heavy (non-hydrogen) atoms. The molecule has 0 unspecified atom stereocenters. The Bertz CT molecular complexity index is 623. The molecule has 126 valence electrons. The molecule has 2 amide bonds. The van der Waals surface area contributed by atoms with E-state index in [0.717, 1.165) is 0 Å². The van der Waals surface area contributed by atoms with Crippen molar-refractivity contribution in [3.8, 4) is 0 Å². The summed E-state index contributed by atoms with van der Waals surface area (Å²) < 4.78 is 5.78. The number of hydrogen-bond acceptors (Lipinski definition) is 5. The Labute approximate surface area is 143 Å². The molecule has 8 heteroatoms. The molecule has 0 bridgehead atoms. The summed E-state index contributed by atoms with van der Waals surface area (Å²) in [5.74, 6) is -0.771. The van der Waals surface area contributed by atoms with Crippen molar-refractivity contribution in [1.29, 1.82) is 0 Å². The minimum atomic E-state index is -0.606. The lowest BCUT2D eigenvalue weighted by molar-refractivity contribution is -0.119. The van der Waals surface area contributed by atoms with Crippen molar-refractivity contribution in [2.24, 2.45) is 5.92 Å². The maximum atomic E-state index is 12.0. The Balaban J connectivity index is 1.86. The summed E-state index contributed by atoms with van der Waals surface area (Å²) in [4.78, 5) is 37.8. The Morgan fingerprint density at radius 2 is 2.13 bits per heavy atom. The molecule has 0 spiro atoms. The summed E-state index contributed by atoms with van der Waals surface area (Å²) in [7, 11) is 0. The van der Waals surface area contributed by atoms with Gasteiger partial charge < -0.3 is 15.0 Å². The predicted octanol–water partition coefficient (Wildman–Crippen LogP) is 2.57. The Morgan fingerprint density at radius 3 is 2.70 bits per heavy atom. The van der Waals surface area contributed by atoms with Gasteiger partial charge in [0.15, 0.2) is 5.78 Å². The highest BCUT2D eigenvalue weighted by Gasteiger charge is 2.35. The normalized spacial score (nSPS) is 18.2. The van der Waals surface area contributed by atoms with Crippen molar-refractivity contribution < 1.29 is 19.1 Å². The third-order valence-electron chi connectivity index (χ3n) is 3.20. The van der Waals surface area contributed by atoms with E-state index in [0.29, 0.717) is 9.21 Å². The van der Waals surface area contributed by atoms with Crippen LogP contribution in [0.2, 0.25) is 4.34 Å². The van der Waals surface area contributed by atoms with E-state index in [4.69, 9.17) is 16.3 Å². The number of thiophene rings is 1. The van der Waals surface area contributed by atoms with Crippen molar-refractivity contribution in [3.63, 3.8) is 0 Å². The number of rotatable bonds is 3. The molecule has 0 radical (unpaired) electrons. The highest BCUT2D eigenvalue weighted by Crippen LogP contribution is 2.21. The number of carbonyl (C=O) groups excluding carboxylic acids is 3. The zero-order chi connectivity index (χ0) is 17.2. The molecule has 2 heterocycles. The summed E-state index contributed by atoms with van der Waals surface area (Å²) in [6, 6.07) is 3.28. The van der Waals surface area contributed by atoms with Crippen molar-refractivity contribution in [3.05, 3.63) is 21.3 Å². The van der Waals surface area contributed by atoms with Crippen molar-refractivity contribution in [1.82, 2.24) is 10.2 Å². The van der Waals surface area contributed by atoms with Gasteiger partial charge in [-0.25, -0.2) is 4.79 Å². The van der Waals surface area contributed by atoms with Crippen LogP contribution < -0.4 is 5.32 Å². The average Bonchev–Trinajstić information content (AvgIpc) is 3.01. The van der Waals surface area contributed by atoms with E-state index >= 15 is 0 Å². The number of hydrogen-bond donors (Lipinski definition) is 1. The van der Waals surface area contributed by atoms with Crippen LogP contribution in [0.1, 0.15) is 30.4 Å². The van der Waals surface area contributed by atoms with Crippen molar-refractivity contribution >= 4 is 40.7 Å². The molecule has 2 rings (SSSR count). The molecular formula is C15H19ClN2O4S. The lowest BCUT2D eigenvalue weighted by atomic mass is 10.1. The highest BCUT2D eigenvalue weighted by atomic mass is 35.5. The first-order valence-corrected chi connectivity index (χ1v) is 8.39. The number of halogens is 1. The Kier molecular flexibility index (Phi) is 5.31. The summed E-state index contributed by atoms with van der Waals surface area (Å²) in [6.07, 6.45) is -0.510. The fourth-order valence-corrected chi connectivity index (χ4v) is 3.09. The quantitative estimate of drug-likeness (QED) is 0.901. The maximum Gasteiger partial charge on any atom is 0.410 e. The number of ketones is 1. The van der Waals surface area contributed by atoms with Gasteiger partial charge in [-0.05, 0) is 32.9 Å². The van der Waals surface area contributed by atoms with Gasteiger partial charge >= 0.3 is 6.09 Å². The van der Waals surface area contributed by atoms with Crippen molar-refractivity contribution in [2.45, 2.75) is 26.4 Å². The van der Waals surface area contributed by atoms with Crippen LogP contribution in [0.15, 0.2) is 12.1 Å². The van der Waals surface area contributed by atoms with Gasteiger partial charge in [0, 0.05) is 13.1 Å². The van der Waals surface area contributed by atoms with Gasteiger partial charge in [-0.1, -0.05) is 11.6 Å². The second-order valence-electron chi connectivity index (χ2n) is 6.34. The van der Waals surface area contributed by atoms with E-state index in [1.807, 2.05) is 0 Å². The van der Waals surface area contributed by atoms with Crippen LogP contribution in [-0.2, 0) is 9.53 Å². The first-order chi connectivity index (χ1) is 10.7. The Hall–Kier alpha value is -1.60. The molecule has 6 nitrogen and oxygen atoms in total. The van der Waals surface area contributed by atoms with Crippen LogP contribution in [0.4, 0.5) is 4.79 Å². The number of amides is 2. The summed E-state index contributed by atoms with van der Waals surface area (Å²) in [6.45, 7) is 5.76. The minimum Gasteiger partial charge on any atom is -0.444 e. The summed E-state index contributed by atoms with van der Waals surface area (Å²) in [5.41, 5.74) is -0.606. The standard InChI is InChI=1S/C15H19ClN2O4S/c1-15(2,3)22-14(21)18-7-9(10(19)8-18)6-17-13(20)11-4-5-12(16)23-11/h4-5,9H,6-8H2,1-3H3,(H,17,20)/t9-/m1/s1. The third-order valence-corrected chi connectivity index (χ3v) is 4.43. The lowest BCUT2D eigenvalue weighted by Crippen LogP contribution is -2.36. The van der Waals surface area contributed by atoms with Gasteiger partial charge in [0.05, 0.1) is 21.7 Å². The van der Waals surface area contributed by atoms with E-state index in [-0.39, 0.29) is 31.3 Å². The monoisotopic (exact) mass is 358 g/mol. The first kappa shape index (κ1) is 17.7. The van der Waals surface area contributed by atoms with E-state index in [9.17, 15) is 14.4 Å². The molecule has 1 aliphatic heterocycles. The van der Waals surface area contributed by atoms with Gasteiger partial charge in [0.1, 0.15) is 5.60 Å². The molecule has 1 aromatic rings. The molecule has 1 atom stereocenters. The topological polar surface area (TPSA) is 75.7 Å². The largest absolute Gasteiger partial charge is 0.444 e. The molecule has 1 saturated heterocycles. The van der Waals surface area contributed by atoms with Gasteiger partial charge in [-0.3, -0.25) is 9.59 Å². The maximum absolute atomic E-state index is 12.0. The smallest absolute Gasteiger partial charge is 0.410 e. The second kappa shape index (κ2) is 6.88. The van der Waals surface area contributed by atoms with Crippen LogP contribution >= 0.6 is 22.9 Å². The SMILES string of the molecule is CC(C)(C)OC(=O)N1CC(=O)[C@H](CNC(=O)c2ccc(Cl)s2)C1. The molecular weight excluding hydrogens is 340 g/mol. The highest BCUT2D eigenvalue weighted by molar-refractivity contribution is 7.17. The summed E-state index contributed by atoms with van der Waals surface area (Å²) >= 11 is 6.96. The zero-order valence-electron chi connectivity index (χ0n) is 13.2. The summed E-state index contributed by atoms with van der Waals surface area (Å²) in [5, 5.41) is 2.71. The number of ether oxygens (including phenoxy) is 1. The van der Waals surface area contributed by atoms with Crippen LogP contribution in [0.3, 0.4) is 0 Å². The van der Waals surface area contributed by atoms with Gasteiger partial charge in [-0.2, -0.15) is 0 Å². The van der Waals surface area contributed by atoms with Gasteiger partial charge in [-0.15, -0.1) is 11.3 Å². The first-order valence-electron chi connectivity index (χ1n) is 7.20. The minimum absolute atomic E-state index is 0.0142. The number of likely N-dealkylation sites (tertiary alicyclic amines) is 1. The Morgan fingerprint density at radius 1 is 1.43 bits per heavy atom. The van der Waals surface area contributed by atoms with E-state index in [1.165, 1.54) is 16.2 Å². The number of nitrogens with one attached hydrogen (secondary N) is 1. The number of carbonyl (C=O) groups is 3. The van der Waals surface area contributed by atoms with Gasteiger partial charge in [0.2, 0.25) is 0 Å². The zero-order valence-corrected chi connectivity index (χ0v) is 14.8. The van der Waals surface area contributed by atoms with Crippen LogP contribution in [0.25, 0.3) is 0 Å². The van der Waals surface area contributed by atoms with E-state index in [2.05, 4.69) is 5.32 Å². The van der Waals surface area contributed by atoms with E-state index in [1.54, 1.807) is 32.9 Å². The molecule has 1 aromatic heterocycles. The van der Waals surface area contributed by atoms with E-state index < -0.39 is 17.6 Å². The molecule has 1 fully saturated rings. The van der Waals surface area contributed by atoms with Crippen LogP contribution in [0, 0.1) is 5.92 Å². The van der Waals surface area contributed by atoms with Crippen LogP contribution in [-0.4, -0.2) is 47.9 Å². The molecule has 1 N–H and O–H groups in total. The molecule has 1 aliphatic rings. The van der Waals surface area contributed by atoms with Crippen LogP contribution in [0.5, 0.6) is 0 Å². The second-order valence-corrected chi connectivity index (χ2v) is 8.05. The lowest BCUT2D eigenvalue weighted by Gasteiger charge is -2.24. The predicted molar refractivity (Wildman–Crippen MR) is 88.0 cm³/mol. The number of Topliss-reactive ketones (excluding diaryl/α,β-unsaturated/α-hetero) is 1. The molecule has 0 aromatic carbocycles. The van der Waals surface area contributed by atoms with Gasteiger partial charge in [0.25, 0.3) is 5.91 Å². The fraction of sp³-hybridized carbons (Fsp3) is 0.533. The molecule has 0 saturated carbocycles.